The molecule has 0 N–H and O–H groups in total. The van der Waals surface area contributed by atoms with Crippen LogP contribution in [0.3, 0.4) is 0 Å². The van der Waals surface area contributed by atoms with Crippen LogP contribution < -0.4 is 26.0 Å². The summed E-state index contributed by atoms with van der Waals surface area (Å²) in [6.07, 6.45) is 0.959. The van der Waals surface area contributed by atoms with Crippen molar-refractivity contribution < 1.29 is 4.74 Å². The van der Waals surface area contributed by atoms with Gasteiger partial charge < -0.3 is 9.64 Å². The van der Waals surface area contributed by atoms with Crippen molar-refractivity contribution in [2.45, 2.75) is 6.42 Å². The molecular weight excluding hydrogens is 461 g/mol. The molecule has 0 aromatic heterocycles. The van der Waals surface area contributed by atoms with Crippen LogP contribution in [-0.4, -0.2) is 6.71 Å². The van der Waals surface area contributed by atoms with Gasteiger partial charge in [-0.3, -0.25) is 0 Å². The van der Waals surface area contributed by atoms with Gasteiger partial charge in [-0.15, -0.1) is 0 Å². The minimum Gasteiger partial charge on any atom is -0.458 e. The van der Waals surface area contributed by atoms with E-state index >= 15 is 0 Å². The van der Waals surface area contributed by atoms with E-state index in [-0.39, 0.29) is 6.71 Å². The van der Waals surface area contributed by atoms with E-state index in [9.17, 15) is 0 Å². The van der Waals surface area contributed by atoms with Crippen LogP contribution in [0.2, 0.25) is 0 Å². The normalized spacial score (nSPS) is 13.8. The summed E-state index contributed by atoms with van der Waals surface area (Å²) in [7, 11) is 0. The second-order valence-corrected chi connectivity index (χ2v) is 10.5. The molecule has 3 aliphatic rings. The number of nitrogens with zero attached hydrogens (tertiary/aromatic N) is 1. The molecule has 2 heterocycles. The van der Waals surface area contributed by atoms with Gasteiger partial charge in [0.05, 0.1) is 0 Å². The first-order chi connectivity index (χ1) is 18.8. The lowest BCUT2D eigenvalue weighted by atomic mass is 9.33. The molecule has 2 nitrogen and oxygen atoms in total. The van der Waals surface area contributed by atoms with E-state index in [1.165, 1.54) is 60.8 Å². The molecular formula is C35H22BNO. The molecule has 3 heteroatoms. The Morgan fingerprint density at radius 2 is 1.39 bits per heavy atom. The fraction of sp³-hybridized carbons (Fsp3) is 0.0286. The van der Waals surface area contributed by atoms with Crippen molar-refractivity contribution in [2.24, 2.45) is 0 Å². The maximum Gasteiger partial charge on any atom is 0.257 e. The highest BCUT2D eigenvalue weighted by Crippen LogP contribution is 2.44. The standard InChI is InChI=1S/C35H22BNO/c1-2-11-25(12-3-1)37-30-15-8-16-32-35(30)36(34-27-14-7-4-9-22(27)17-18-31(34)37)29-21-28-24(20-33(29)38-32)19-23-10-5-6-13-26(23)28/h1-18,20-21H,19H2. The van der Waals surface area contributed by atoms with Crippen LogP contribution in [-0.2, 0) is 6.42 Å². The van der Waals surface area contributed by atoms with Crippen LogP contribution in [0.15, 0.2) is 121 Å². The molecule has 0 atom stereocenters. The zero-order chi connectivity index (χ0) is 24.8. The number of hydrogen-bond acceptors (Lipinski definition) is 2. The van der Waals surface area contributed by atoms with Crippen LogP contribution in [0.1, 0.15) is 11.1 Å². The van der Waals surface area contributed by atoms with Crippen molar-refractivity contribution >= 4 is 50.9 Å². The first kappa shape index (κ1) is 20.3. The Labute approximate surface area is 221 Å². The molecule has 6 aromatic carbocycles. The molecule has 0 radical (unpaired) electrons. The summed E-state index contributed by atoms with van der Waals surface area (Å²) >= 11 is 0. The molecule has 1 aliphatic carbocycles. The Balaban J connectivity index is 1.39. The molecule has 0 fully saturated rings. The third-order valence-corrected chi connectivity index (χ3v) is 8.52. The Morgan fingerprint density at radius 3 is 2.34 bits per heavy atom. The second-order valence-electron chi connectivity index (χ2n) is 10.5. The molecule has 0 amide bonds. The molecule has 6 aromatic rings. The second kappa shape index (κ2) is 7.39. The number of rotatable bonds is 1. The van der Waals surface area contributed by atoms with E-state index in [0.717, 1.165) is 23.6 Å². The van der Waals surface area contributed by atoms with Crippen molar-refractivity contribution in [3.8, 4) is 22.6 Å². The van der Waals surface area contributed by atoms with E-state index in [1.54, 1.807) is 0 Å². The Bertz CT molecular complexity index is 1940. The van der Waals surface area contributed by atoms with Gasteiger partial charge in [0, 0.05) is 17.1 Å². The fourth-order valence-electron chi connectivity index (χ4n) is 6.94. The largest absolute Gasteiger partial charge is 0.458 e. The monoisotopic (exact) mass is 483 g/mol. The van der Waals surface area contributed by atoms with Gasteiger partial charge in [-0.25, -0.2) is 0 Å². The lowest BCUT2D eigenvalue weighted by Gasteiger charge is -2.40. The molecule has 9 rings (SSSR count). The number of ether oxygens (including phenoxy) is 1. The highest BCUT2D eigenvalue weighted by molar-refractivity contribution is 7.00. The van der Waals surface area contributed by atoms with Crippen molar-refractivity contribution in [2.75, 3.05) is 4.90 Å². The summed E-state index contributed by atoms with van der Waals surface area (Å²) in [5.41, 5.74) is 12.9. The fourth-order valence-corrected chi connectivity index (χ4v) is 6.94. The lowest BCUT2D eigenvalue weighted by molar-refractivity contribution is 0.487. The average molecular weight is 483 g/mol. The molecule has 0 spiro atoms. The Morgan fingerprint density at radius 1 is 0.579 bits per heavy atom. The van der Waals surface area contributed by atoms with Gasteiger partial charge in [-0.2, -0.15) is 0 Å². The first-order valence-corrected chi connectivity index (χ1v) is 13.3. The highest BCUT2D eigenvalue weighted by atomic mass is 16.5. The van der Waals surface area contributed by atoms with Crippen LogP contribution in [0.5, 0.6) is 11.5 Å². The maximum absolute atomic E-state index is 6.73. The van der Waals surface area contributed by atoms with Crippen LogP contribution in [0, 0.1) is 0 Å². The SMILES string of the molecule is c1ccc(N2c3cccc4c3B(c3cc5c(cc3O4)Cc3ccccc3-5)c3c2ccc2ccccc32)cc1. The van der Waals surface area contributed by atoms with E-state index in [1.807, 2.05) is 0 Å². The van der Waals surface area contributed by atoms with Crippen LogP contribution in [0.25, 0.3) is 21.9 Å². The summed E-state index contributed by atoms with van der Waals surface area (Å²) < 4.78 is 6.73. The lowest BCUT2D eigenvalue weighted by Crippen LogP contribution is -2.59. The van der Waals surface area contributed by atoms with Gasteiger partial charge in [-0.1, -0.05) is 84.9 Å². The third kappa shape index (κ3) is 2.63. The summed E-state index contributed by atoms with van der Waals surface area (Å²) in [6, 6.07) is 44.1. The molecule has 0 unspecified atom stereocenters. The Kier molecular flexibility index (Phi) is 3.95. The zero-order valence-electron chi connectivity index (χ0n) is 20.7. The van der Waals surface area contributed by atoms with Gasteiger partial charge in [0.25, 0.3) is 6.71 Å². The minimum absolute atomic E-state index is 0.0871. The van der Waals surface area contributed by atoms with Gasteiger partial charge in [0.15, 0.2) is 0 Å². The predicted octanol–water partition coefficient (Wildman–Crippen LogP) is 6.82. The molecule has 2 aliphatic heterocycles. The highest BCUT2D eigenvalue weighted by Gasteiger charge is 2.43. The van der Waals surface area contributed by atoms with E-state index < -0.39 is 0 Å². The number of para-hydroxylation sites is 1. The van der Waals surface area contributed by atoms with Gasteiger partial charge in [0.1, 0.15) is 11.5 Å². The van der Waals surface area contributed by atoms with Crippen LogP contribution in [0.4, 0.5) is 17.1 Å². The summed E-state index contributed by atoms with van der Waals surface area (Å²) in [5.74, 6) is 1.94. The first-order valence-electron chi connectivity index (χ1n) is 13.3. The smallest absolute Gasteiger partial charge is 0.257 e. The van der Waals surface area contributed by atoms with Gasteiger partial charge in [-0.05, 0) is 92.2 Å². The van der Waals surface area contributed by atoms with Crippen LogP contribution >= 0.6 is 0 Å². The van der Waals surface area contributed by atoms with Crippen molar-refractivity contribution in [3.63, 3.8) is 0 Å². The maximum atomic E-state index is 6.73. The van der Waals surface area contributed by atoms with E-state index in [0.29, 0.717) is 0 Å². The molecule has 38 heavy (non-hydrogen) atoms. The van der Waals surface area contributed by atoms with Crippen molar-refractivity contribution in [1.29, 1.82) is 0 Å². The van der Waals surface area contributed by atoms with Gasteiger partial charge in [0.2, 0.25) is 0 Å². The number of hydrogen-bond donors (Lipinski definition) is 0. The molecule has 0 saturated heterocycles. The Hall–Kier alpha value is -4.76. The average Bonchev–Trinajstić information content (AvgIpc) is 3.33. The zero-order valence-corrected chi connectivity index (χ0v) is 20.7. The number of anilines is 3. The summed E-state index contributed by atoms with van der Waals surface area (Å²) in [5, 5.41) is 2.56. The third-order valence-electron chi connectivity index (χ3n) is 8.52. The van der Waals surface area contributed by atoms with Gasteiger partial charge >= 0.3 is 0 Å². The van der Waals surface area contributed by atoms with Crippen molar-refractivity contribution in [1.82, 2.24) is 0 Å². The summed E-state index contributed by atoms with van der Waals surface area (Å²) in [6.45, 7) is 0.0871. The minimum atomic E-state index is 0.0871. The number of benzene rings is 6. The van der Waals surface area contributed by atoms with Crippen molar-refractivity contribution in [3.05, 3.63) is 132 Å². The molecule has 176 valence electrons. The van der Waals surface area contributed by atoms with E-state index in [2.05, 4.69) is 126 Å². The number of fused-ring (bicyclic) bond motifs is 9. The molecule has 0 saturated carbocycles. The summed E-state index contributed by atoms with van der Waals surface area (Å²) in [4.78, 5) is 2.41. The van der Waals surface area contributed by atoms with E-state index in [4.69, 9.17) is 4.74 Å². The predicted molar refractivity (Wildman–Crippen MR) is 158 cm³/mol. The topological polar surface area (TPSA) is 12.5 Å². The quantitative estimate of drug-likeness (QED) is 0.238. The molecule has 0 bridgehead atoms.